The van der Waals surface area contributed by atoms with E-state index in [2.05, 4.69) is 259 Å². The van der Waals surface area contributed by atoms with Crippen LogP contribution in [-0.4, -0.2) is 6.71 Å². The molecule has 4 nitrogen and oxygen atoms in total. The predicted molar refractivity (Wildman–Crippen MR) is 311 cm³/mol. The number of fused-ring (bicyclic) bond motifs is 11. The first-order valence-electron chi connectivity index (χ1n) is 25.4. The summed E-state index contributed by atoms with van der Waals surface area (Å²) < 4.78 is 9.00. The van der Waals surface area contributed by atoms with Crippen molar-refractivity contribution in [3.05, 3.63) is 205 Å². The number of furan rings is 1. The van der Waals surface area contributed by atoms with E-state index < -0.39 is 0 Å². The molecule has 2 aliphatic rings. The molecule has 0 spiro atoms. The highest BCUT2D eigenvalue weighted by Crippen LogP contribution is 2.50. The van der Waals surface area contributed by atoms with Crippen LogP contribution in [0.25, 0.3) is 42.1 Å². The highest BCUT2D eigenvalue weighted by atomic mass is 32.1. The maximum atomic E-state index is 6.39. The second kappa shape index (κ2) is 16.0. The third-order valence-electron chi connectivity index (χ3n) is 15.3. The lowest BCUT2D eigenvalue weighted by molar-refractivity contribution is 0.590. The SMILES string of the molecule is CC(C)(C)c1ccc(N(c2ccc3c(c2)N(c2ccc(C(C)(C)C)cc2)c2cccc4c2B3c2ccc3sc5ccccc5c3c2N4c2ccc(C(C)(C)C)cc2)c2ccc3oc4ccccc4c3c2)cc1. The molecule has 0 saturated heterocycles. The van der Waals surface area contributed by atoms with E-state index in [4.69, 9.17) is 4.42 Å². The molecule has 0 saturated carbocycles. The second-order valence-electron chi connectivity index (χ2n) is 23.0. The maximum absolute atomic E-state index is 6.39. The minimum Gasteiger partial charge on any atom is -0.456 e. The first-order chi connectivity index (χ1) is 34.6. The van der Waals surface area contributed by atoms with E-state index in [1.54, 1.807) is 0 Å². The molecule has 0 unspecified atom stereocenters. The van der Waals surface area contributed by atoms with Gasteiger partial charge < -0.3 is 19.1 Å². The Morgan fingerprint density at radius 3 is 1.61 bits per heavy atom. The van der Waals surface area contributed by atoms with Crippen molar-refractivity contribution in [2.24, 2.45) is 0 Å². The molecule has 352 valence electrons. The number of rotatable bonds is 5. The third-order valence-corrected chi connectivity index (χ3v) is 16.5. The second-order valence-corrected chi connectivity index (χ2v) is 24.1. The molecule has 11 aromatic rings. The van der Waals surface area contributed by atoms with Gasteiger partial charge in [0.05, 0.1) is 5.69 Å². The molecule has 0 bridgehead atoms. The van der Waals surface area contributed by atoms with E-state index in [9.17, 15) is 0 Å². The molecular formula is C66H58BN3OS. The molecule has 13 rings (SSSR count). The molecule has 2 aromatic heterocycles. The monoisotopic (exact) mass is 951 g/mol. The molecular weight excluding hydrogens is 894 g/mol. The molecule has 4 heterocycles. The first kappa shape index (κ1) is 44.4. The lowest BCUT2D eigenvalue weighted by Gasteiger charge is -2.44. The van der Waals surface area contributed by atoms with E-state index >= 15 is 0 Å². The summed E-state index contributed by atoms with van der Waals surface area (Å²) in [5, 5.41) is 4.83. The van der Waals surface area contributed by atoms with E-state index in [-0.39, 0.29) is 23.0 Å². The van der Waals surface area contributed by atoms with Crippen LogP contribution in [0.15, 0.2) is 192 Å². The number of thiophene rings is 1. The lowest BCUT2D eigenvalue weighted by Crippen LogP contribution is -2.61. The van der Waals surface area contributed by atoms with Crippen LogP contribution in [0.4, 0.5) is 51.2 Å². The molecule has 6 heteroatoms. The Morgan fingerprint density at radius 2 is 0.944 bits per heavy atom. The van der Waals surface area contributed by atoms with Gasteiger partial charge in [-0.3, -0.25) is 0 Å². The van der Waals surface area contributed by atoms with Gasteiger partial charge in [0.1, 0.15) is 11.2 Å². The van der Waals surface area contributed by atoms with Crippen LogP contribution in [0.5, 0.6) is 0 Å². The van der Waals surface area contributed by atoms with Gasteiger partial charge in [-0.2, -0.15) is 0 Å². The zero-order valence-corrected chi connectivity index (χ0v) is 43.4. The number of anilines is 9. The van der Waals surface area contributed by atoms with Crippen molar-refractivity contribution in [3.63, 3.8) is 0 Å². The molecule has 0 atom stereocenters. The van der Waals surface area contributed by atoms with Crippen molar-refractivity contribution in [3.8, 4) is 0 Å². The normalized spacial score (nSPS) is 13.5. The molecule has 0 fully saturated rings. The van der Waals surface area contributed by atoms with E-state index in [1.807, 2.05) is 17.4 Å². The molecule has 0 N–H and O–H groups in total. The third kappa shape index (κ3) is 7.01. The Labute approximate surface area is 427 Å². The fourth-order valence-corrected chi connectivity index (χ4v) is 12.6. The first-order valence-corrected chi connectivity index (χ1v) is 26.3. The summed E-state index contributed by atoms with van der Waals surface area (Å²) in [6, 6.07) is 70.9. The zero-order chi connectivity index (χ0) is 49.4. The summed E-state index contributed by atoms with van der Waals surface area (Å²) in [7, 11) is 0. The Balaban J connectivity index is 1.08. The fraction of sp³-hybridized carbons (Fsp3) is 0.182. The van der Waals surface area contributed by atoms with Crippen molar-refractivity contribution in [1.82, 2.24) is 0 Å². The topological polar surface area (TPSA) is 22.9 Å². The van der Waals surface area contributed by atoms with Gasteiger partial charge in [-0.15, -0.1) is 11.3 Å². The predicted octanol–water partition coefficient (Wildman–Crippen LogP) is 17.4. The van der Waals surface area contributed by atoms with Crippen molar-refractivity contribution >= 4 is 128 Å². The number of hydrogen-bond donors (Lipinski definition) is 0. The average Bonchev–Trinajstić information content (AvgIpc) is 3.94. The summed E-state index contributed by atoms with van der Waals surface area (Å²) in [4.78, 5) is 7.55. The molecule has 72 heavy (non-hydrogen) atoms. The quantitative estimate of drug-likeness (QED) is 0.160. The van der Waals surface area contributed by atoms with Gasteiger partial charge >= 0.3 is 0 Å². The van der Waals surface area contributed by atoms with Crippen LogP contribution in [0, 0.1) is 0 Å². The zero-order valence-electron chi connectivity index (χ0n) is 42.6. The largest absolute Gasteiger partial charge is 0.456 e. The van der Waals surface area contributed by atoms with Crippen LogP contribution >= 0.6 is 11.3 Å². The van der Waals surface area contributed by atoms with Gasteiger partial charge in [-0.25, -0.2) is 0 Å². The van der Waals surface area contributed by atoms with Crippen LogP contribution in [-0.2, 0) is 16.2 Å². The molecule has 2 aliphatic heterocycles. The molecule has 0 amide bonds. The number of para-hydroxylation sites is 1. The Hall–Kier alpha value is -7.54. The summed E-state index contributed by atoms with van der Waals surface area (Å²) in [6.45, 7) is 20.6. The van der Waals surface area contributed by atoms with Crippen LogP contribution in [0.1, 0.15) is 79.0 Å². The Morgan fingerprint density at radius 1 is 0.417 bits per heavy atom. The molecule has 9 aromatic carbocycles. The Bertz CT molecular complexity index is 3940. The Kier molecular flexibility index (Phi) is 9.86. The van der Waals surface area contributed by atoms with Crippen molar-refractivity contribution in [2.45, 2.75) is 78.6 Å². The van der Waals surface area contributed by atoms with E-state index in [1.165, 1.54) is 76.0 Å². The van der Waals surface area contributed by atoms with Gasteiger partial charge in [0.25, 0.3) is 6.71 Å². The number of nitrogens with zero attached hydrogens (tertiary/aromatic N) is 3. The summed E-state index contributed by atoms with van der Waals surface area (Å²) in [5.41, 5.74) is 20.0. The smallest absolute Gasteiger partial charge is 0.252 e. The maximum Gasteiger partial charge on any atom is 0.252 e. The van der Waals surface area contributed by atoms with Crippen molar-refractivity contribution < 1.29 is 4.42 Å². The van der Waals surface area contributed by atoms with Crippen LogP contribution in [0.3, 0.4) is 0 Å². The molecule has 0 radical (unpaired) electrons. The highest BCUT2D eigenvalue weighted by molar-refractivity contribution is 7.26. The average molecular weight is 952 g/mol. The van der Waals surface area contributed by atoms with Gasteiger partial charge in [0.15, 0.2) is 0 Å². The minimum atomic E-state index is -0.0401. The molecule has 0 aliphatic carbocycles. The van der Waals surface area contributed by atoms with Gasteiger partial charge in [0.2, 0.25) is 0 Å². The van der Waals surface area contributed by atoms with Crippen LogP contribution < -0.4 is 31.1 Å². The van der Waals surface area contributed by atoms with Gasteiger partial charge in [-0.05, 0) is 146 Å². The van der Waals surface area contributed by atoms with Gasteiger partial charge in [0, 0.05) is 76.4 Å². The number of benzene rings is 9. The summed E-state index contributed by atoms with van der Waals surface area (Å²) in [6.07, 6.45) is 0. The highest BCUT2D eigenvalue weighted by Gasteiger charge is 2.44. The summed E-state index contributed by atoms with van der Waals surface area (Å²) in [5.74, 6) is 0. The van der Waals surface area contributed by atoms with Gasteiger partial charge in [-0.1, -0.05) is 153 Å². The lowest BCUT2D eigenvalue weighted by atomic mass is 9.33. The van der Waals surface area contributed by atoms with Crippen molar-refractivity contribution in [2.75, 3.05) is 14.7 Å². The standard InChI is InChI=1S/C66H58BN3OS/c1-64(2,3)41-21-27-44(28-22-41)68(47-34-37-58-51(39-47)49-15-10-12-19-57(49)71-58)48-33-35-52-56(40-48)69(45-29-23-42(24-30-45)65(4,5)6)54-17-14-18-55-62(54)67(52)53-36-38-60-61(50-16-11-13-20-59(50)72-60)63(53)70(55)46-31-25-43(26-32-46)66(7,8)9/h10-40H,1-9H3. The van der Waals surface area contributed by atoms with Crippen molar-refractivity contribution in [1.29, 1.82) is 0 Å². The fourth-order valence-electron chi connectivity index (χ4n) is 11.5. The number of hydrogen-bond acceptors (Lipinski definition) is 5. The summed E-state index contributed by atoms with van der Waals surface area (Å²) >= 11 is 1.89. The van der Waals surface area contributed by atoms with E-state index in [0.717, 1.165) is 50.4 Å². The van der Waals surface area contributed by atoms with Crippen LogP contribution in [0.2, 0.25) is 0 Å². The van der Waals surface area contributed by atoms with E-state index in [0.29, 0.717) is 0 Å². The minimum absolute atomic E-state index is 0.0108.